The molecule has 20 heavy (non-hydrogen) atoms. The number of hydrogen-bond donors (Lipinski definition) is 2. The summed E-state index contributed by atoms with van der Waals surface area (Å²) < 4.78 is 39.2. The zero-order chi connectivity index (χ0) is 14.9. The first-order chi connectivity index (χ1) is 9.32. The summed E-state index contributed by atoms with van der Waals surface area (Å²) in [7, 11) is 0. The number of hydrogen-bond acceptors (Lipinski definition) is 3. The molecule has 0 spiro atoms. The fourth-order valence-electron chi connectivity index (χ4n) is 1.88. The third-order valence-corrected chi connectivity index (χ3v) is 2.84. The van der Waals surface area contributed by atoms with E-state index >= 15 is 0 Å². The minimum Gasteiger partial charge on any atom is -0.397 e. The number of halogens is 3. The maximum absolute atomic E-state index is 13.1. The Bertz CT molecular complexity index is 651. The molecule has 0 aliphatic heterocycles. The van der Waals surface area contributed by atoms with Crippen molar-refractivity contribution in [2.75, 3.05) is 11.5 Å². The molecule has 6 heteroatoms. The quantitative estimate of drug-likeness (QED) is 0.656. The largest absolute Gasteiger partial charge is 0.419 e. The smallest absolute Gasteiger partial charge is 0.397 e. The van der Waals surface area contributed by atoms with Crippen molar-refractivity contribution in [3.63, 3.8) is 0 Å². The van der Waals surface area contributed by atoms with E-state index < -0.39 is 28.8 Å². The Morgan fingerprint density at radius 2 is 1.55 bits per heavy atom. The Morgan fingerprint density at radius 1 is 0.950 bits per heavy atom. The predicted octanol–water partition coefficient (Wildman–Crippen LogP) is 3.10. The molecule has 0 saturated heterocycles. The molecule has 2 aromatic rings. The Balaban J connectivity index is 2.64. The van der Waals surface area contributed by atoms with Crippen LogP contribution in [0.4, 0.5) is 24.5 Å². The molecule has 0 aliphatic rings. The van der Waals surface area contributed by atoms with Crippen LogP contribution in [-0.2, 0) is 6.18 Å². The van der Waals surface area contributed by atoms with Crippen molar-refractivity contribution < 1.29 is 18.0 Å². The van der Waals surface area contributed by atoms with E-state index in [2.05, 4.69) is 0 Å². The number of ketones is 1. The minimum atomic E-state index is -4.75. The van der Waals surface area contributed by atoms with Crippen LogP contribution in [0.2, 0.25) is 0 Å². The van der Waals surface area contributed by atoms with Gasteiger partial charge in [-0.2, -0.15) is 13.2 Å². The molecule has 0 heterocycles. The van der Waals surface area contributed by atoms with Crippen molar-refractivity contribution in [2.45, 2.75) is 6.18 Å². The molecule has 0 fully saturated rings. The number of alkyl halides is 3. The standard InChI is InChI=1S/C14H11F3N2O/c15-14(16,17)11-9(6-7-10(18)12(11)19)13(20)8-4-2-1-3-5-8/h1-7H,18-19H2. The normalized spacial score (nSPS) is 11.3. The third-order valence-electron chi connectivity index (χ3n) is 2.84. The second-order valence-electron chi connectivity index (χ2n) is 4.18. The topological polar surface area (TPSA) is 69.1 Å². The summed E-state index contributed by atoms with van der Waals surface area (Å²) in [5.74, 6) is -0.746. The SMILES string of the molecule is Nc1ccc(C(=O)c2ccccc2)c(C(F)(F)F)c1N. The molecular formula is C14H11F3N2O. The fourth-order valence-corrected chi connectivity index (χ4v) is 1.88. The van der Waals surface area contributed by atoms with Crippen LogP contribution < -0.4 is 11.5 Å². The molecule has 0 unspecified atom stereocenters. The zero-order valence-electron chi connectivity index (χ0n) is 10.2. The second-order valence-corrected chi connectivity index (χ2v) is 4.18. The van der Waals surface area contributed by atoms with Gasteiger partial charge in [-0.15, -0.1) is 0 Å². The monoisotopic (exact) mass is 280 g/mol. The maximum Gasteiger partial charge on any atom is 0.419 e. The molecule has 2 rings (SSSR count). The highest BCUT2D eigenvalue weighted by Crippen LogP contribution is 2.39. The molecule has 0 atom stereocenters. The highest BCUT2D eigenvalue weighted by atomic mass is 19.4. The number of carbonyl (C=O) groups excluding carboxylic acids is 1. The Kier molecular flexibility index (Phi) is 3.40. The average Bonchev–Trinajstić information content (AvgIpc) is 2.40. The van der Waals surface area contributed by atoms with E-state index in [1.807, 2.05) is 0 Å². The van der Waals surface area contributed by atoms with Gasteiger partial charge < -0.3 is 11.5 Å². The molecule has 2 aromatic carbocycles. The Hall–Kier alpha value is -2.50. The van der Waals surface area contributed by atoms with Crippen molar-refractivity contribution in [2.24, 2.45) is 0 Å². The molecule has 3 nitrogen and oxygen atoms in total. The minimum absolute atomic E-state index is 0.155. The molecule has 0 aliphatic carbocycles. The van der Waals surface area contributed by atoms with E-state index in [0.717, 1.165) is 6.07 Å². The van der Waals surface area contributed by atoms with Gasteiger partial charge in [0.1, 0.15) is 0 Å². The number of nitrogen functional groups attached to an aromatic ring is 2. The van der Waals surface area contributed by atoms with Gasteiger partial charge in [-0.3, -0.25) is 4.79 Å². The molecule has 104 valence electrons. The lowest BCUT2D eigenvalue weighted by Crippen LogP contribution is -2.17. The first kappa shape index (κ1) is 13.9. The van der Waals surface area contributed by atoms with Crippen molar-refractivity contribution in [1.82, 2.24) is 0 Å². The van der Waals surface area contributed by atoms with Crippen LogP contribution >= 0.6 is 0 Å². The summed E-state index contributed by atoms with van der Waals surface area (Å²) in [5.41, 5.74) is 8.41. The van der Waals surface area contributed by atoms with Gasteiger partial charge in [0.05, 0.1) is 16.9 Å². The number of benzene rings is 2. The molecule has 0 saturated carbocycles. The molecule has 0 aromatic heterocycles. The van der Waals surface area contributed by atoms with E-state index in [4.69, 9.17) is 11.5 Å². The summed E-state index contributed by atoms with van der Waals surface area (Å²) in [6.07, 6.45) is -4.75. The maximum atomic E-state index is 13.1. The van der Waals surface area contributed by atoms with E-state index in [1.165, 1.54) is 18.2 Å². The van der Waals surface area contributed by atoms with Crippen LogP contribution in [0.25, 0.3) is 0 Å². The van der Waals surface area contributed by atoms with Crippen LogP contribution in [-0.4, -0.2) is 5.78 Å². The average molecular weight is 280 g/mol. The Labute approximate surface area is 113 Å². The van der Waals surface area contributed by atoms with E-state index in [9.17, 15) is 18.0 Å². The summed E-state index contributed by atoms with van der Waals surface area (Å²) in [5, 5.41) is 0. The first-order valence-electron chi connectivity index (χ1n) is 5.67. The van der Waals surface area contributed by atoms with Gasteiger partial charge in [-0.25, -0.2) is 0 Å². The molecule has 4 N–H and O–H groups in total. The van der Waals surface area contributed by atoms with E-state index in [1.54, 1.807) is 18.2 Å². The lowest BCUT2D eigenvalue weighted by molar-refractivity contribution is -0.137. The number of nitrogens with two attached hydrogens (primary N) is 2. The van der Waals surface area contributed by atoms with Crippen molar-refractivity contribution in [1.29, 1.82) is 0 Å². The number of carbonyl (C=O) groups is 1. The molecular weight excluding hydrogens is 269 g/mol. The lowest BCUT2D eigenvalue weighted by atomic mass is 9.96. The molecule has 0 radical (unpaired) electrons. The Morgan fingerprint density at radius 3 is 2.10 bits per heavy atom. The second kappa shape index (κ2) is 4.88. The van der Waals surface area contributed by atoms with Crippen LogP contribution in [0.5, 0.6) is 0 Å². The van der Waals surface area contributed by atoms with Gasteiger partial charge in [-0.1, -0.05) is 30.3 Å². The summed E-state index contributed by atoms with van der Waals surface area (Å²) in [4.78, 5) is 12.2. The van der Waals surface area contributed by atoms with Gasteiger partial charge in [0.2, 0.25) is 0 Å². The van der Waals surface area contributed by atoms with Crippen LogP contribution in [0.1, 0.15) is 21.5 Å². The summed E-state index contributed by atoms with van der Waals surface area (Å²) in [6, 6.07) is 9.93. The molecule has 0 bridgehead atoms. The van der Waals surface area contributed by atoms with Gasteiger partial charge in [-0.05, 0) is 12.1 Å². The summed E-state index contributed by atoms with van der Waals surface area (Å²) in [6.45, 7) is 0. The number of rotatable bonds is 2. The first-order valence-corrected chi connectivity index (χ1v) is 5.67. The summed E-state index contributed by atoms with van der Waals surface area (Å²) >= 11 is 0. The third kappa shape index (κ3) is 2.45. The number of anilines is 2. The van der Waals surface area contributed by atoms with Crippen LogP contribution in [0.15, 0.2) is 42.5 Å². The molecule has 0 amide bonds. The van der Waals surface area contributed by atoms with Crippen molar-refractivity contribution in [3.05, 3.63) is 59.2 Å². The van der Waals surface area contributed by atoms with Crippen LogP contribution in [0, 0.1) is 0 Å². The van der Waals surface area contributed by atoms with E-state index in [-0.39, 0.29) is 11.3 Å². The van der Waals surface area contributed by atoms with Gasteiger partial charge in [0.25, 0.3) is 0 Å². The predicted molar refractivity (Wildman–Crippen MR) is 70.1 cm³/mol. The fraction of sp³-hybridized carbons (Fsp3) is 0.0714. The lowest BCUT2D eigenvalue weighted by Gasteiger charge is -2.16. The highest BCUT2D eigenvalue weighted by molar-refractivity contribution is 6.11. The van der Waals surface area contributed by atoms with Gasteiger partial charge >= 0.3 is 6.18 Å². The van der Waals surface area contributed by atoms with E-state index in [0.29, 0.717) is 0 Å². The van der Waals surface area contributed by atoms with Gasteiger partial charge in [0.15, 0.2) is 5.78 Å². The van der Waals surface area contributed by atoms with Gasteiger partial charge in [0, 0.05) is 11.1 Å². The van der Waals surface area contributed by atoms with Crippen molar-refractivity contribution >= 4 is 17.2 Å². The zero-order valence-corrected chi connectivity index (χ0v) is 10.2. The van der Waals surface area contributed by atoms with Crippen molar-refractivity contribution in [3.8, 4) is 0 Å². The van der Waals surface area contributed by atoms with Crippen LogP contribution in [0.3, 0.4) is 0 Å². The highest BCUT2D eigenvalue weighted by Gasteiger charge is 2.38.